The number of ether oxygens (including phenoxy) is 1. The van der Waals surface area contributed by atoms with Gasteiger partial charge in [-0.05, 0) is 13.8 Å². The van der Waals surface area contributed by atoms with E-state index in [1.54, 1.807) is 12.0 Å². The van der Waals surface area contributed by atoms with Crippen LogP contribution < -0.4 is 5.32 Å². The average Bonchev–Trinajstić information content (AvgIpc) is 2.96. The molecular formula is C12H18N4O3S. The molecule has 1 aliphatic heterocycles. The Bertz CT molecular complexity index is 505. The highest BCUT2D eigenvalue weighted by Gasteiger charge is 2.36. The number of hydrogen-bond acceptors (Lipinski definition) is 6. The summed E-state index contributed by atoms with van der Waals surface area (Å²) in [5, 5.41) is 11.7. The Labute approximate surface area is 121 Å². The lowest BCUT2D eigenvalue weighted by Crippen LogP contribution is -2.38. The molecule has 110 valence electrons. The monoisotopic (exact) mass is 298 g/mol. The van der Waals surface area contributed by atoms with Crippen molar-refractivity contribution in [3.63, 3.8) is 0 Å². The fourth-order valence-corrected chi connectivity index (χ4v) is 2.81. The van der Waals surface area contributed by atoms with Crippen molar-refractivity contribution < 1.29 is 14.3 Å². The lowest BCUT2D eigenvalue weighted by molar-refractivity contribution is -0.130. The lowest BCUT2D eigenvalue weighted by Gasteiger charge is -2.23. The molecule has 1 aromatic heterocycles. The molecule has 1 fully saturated rings. The first-order chi connectivity index (χ1) is 9.51. The van der Waals surface area contributed by atoms with Crippen molar-refractivity contribution in [1.29, 1.82) is 0 Å². The Morgan fingerprint density at radius 1 is 1.60 bits per heavy atom. The van der Waals surface area contributed by atoms with Crippen LogP contribution in [0.5, 0.6) is 0 Å². The van der Waals surface area contributed by atoms with E-state index in [0.29, 0.717) is 18.3 Å². The van der Waals surface area contributed by atoms with Crippen molar-refractivity contribution in [2.45, 2.75) is 26.3 Å². The van der Waals surface area contributed by atoms with Crippen molar-refractivity contribution in [1.82, 2.24) is 15.1 Å². The number of nitrogens with one attached hydrogen (secondary N) is 1. The predicted octanol–water partition coefficient (Wildman–Crippen LogP) is 0.668. The molecule has 0 bridgehead atoms. The molecule has 2 amide bonds. The summed E-state index contributed by atoms with van der Waals surface area (Å²) in [6.07, 6.45) is 0.234. The van der Waals surface area contributed by atoms with Gasteiger partial charge >= 0.3 is 0 Å². The molecule has 8 heteroatoms. The fraction of sp³-hybridized carbons (Fsp3) is 0.667. The summed E-state index contributed by atoms with van der Waals surface area (Å²) >= 11 is 1.32. The molecule has 0 aromatic carbocycles. The maximum Gasteiger partial charge on any atom is 0.231 e. The van der Waals surface area contributed by atoms with Crippen LogP contribution in [0.1, 0.15) is 18.4 Å². The minimum Gasteiger partial charge on any atom is -0.383 e. The second-order valence-corrected chi connectivity index (χ2v) is 6.05. The second kappa shape index (κ2) is 6.27. The molecule has 1 N–H and O–H groups in total. The third-order valence-corrected chi connectivity index (χ3v) is 3.98. The van der Waals surface area contributed by atoms with E-state index in [1.165, 1.54) is 11.3 Å². The molecule has 1 aliphatic rings. The summed E-state index contributed by atoms with van der Waals surface area (Å²) in [6.45, 7) is 4.62. The highest BCUT2D eigenvalue weighted by atomic mass is 32.1. The van der Waals surface area contributed by atoms with Gasteiger partial charge in [0.25, 0.3) is 0 Å². The molecule has 0 radical (unpaired) electrons. The largest absolute Gasteiger partial charge is 0.383 e. The van der Waals surface area contributed by atoms with Gasteiger partial charge in [-0.25, -0.2) is 0 Å². The highest BCUT2D eigenvalue weighted by Crippen LogP contribution is 2.23. The fourth-order valence-electron chi connectivity index (χ4n) is 2.22. The Balaban J connectivity index is 1.94. The van der Waals surface area contributed by atoms with E-state index in [1.807, 2.05) is 13.8 Å². The molecule has 20 heavy (non-hydrogen) atoms. The first-order valence-electron chi connectivity index (χ1n) is 6.40. The molecule has 0 saturated carbocycles. The van der Waals surface area contributed by atoms with E-state index in [9.17, 15) is 9.59 Å². The minimum atomic E-state index is -0.342. The number of carbonyl (C=O) groups excluding carboxylic acids is 2. The quantitative estimate of drug-likeness (QED) is 0.863. The van der Waals surface area contributed by atoms with Gasteiger partial charge < -0.3 is 15.0 Å². The Morgan fingerprint density at radius 2 is 2.35 bits per heavy atom. The summed E-state index contributed by atoms with van der Waals surface area (Å²) in [4.78, 5) is 25.7. The molecule has 2 heterocycles. The van der Waals surface area contributed by atoms with Crippen LogP contribution in [-0.4, -0.2) is 53.2 Å². The van der Waals surface area contributed by atoms with Crippen LogP contribution in [0.3, 0.4) is 0 Å². The van der Waals surface area contributed by atoms with Gasteiger partial charge in [-0.1, -0.05) is 11.3 Å². The zero-order valence-electron chi connectivity index (χ0n) is 11.8. The molecule has 2 atom stereocenters. The maximum absolute atomic E-state index is 12.1. The van der Waals surface area contributed by atoms with Crippen LogP contribution >= 0.6 is 11.3 Å². The number of amides is 2. The van der Waals surface area contributed by atoms with Crippen LogP contribution in [0.15, 0.2) is 0 Å². The van der Waals surface area contributed by atoms with Crippen molar-refractivity contribution in [3.05, 3.63) is 5.01 Å². The number of likely N-dealkylation sites (tertiary alicyclic amines) is 1. The van der Waals surface area contributed by atoms with Gasteiger partial charge in [0.1, 0.15) is 5.01 Å². The number of aryl methyl sites for hydroxylation is 1. The normalized spacial score (nSPS) is 20.2. The van der Waals surface area contributed by atoms with Gasteiger partial charge in [-0.3, -0.25) is 9.59 Å². The second-order valence-electron chi connectivity index (χ2n) is 4.87. The van der Waals surface area contributed by atoms with Crippen LogP contribution in [0, 0.1) is 12.8 Å². The van der Waals surface area contributed by atoms with Gasteiger partial charge in [-0.2, -0.15) is 0 Å². The van der Waals surface area contributed by atoms with Crippen LogP contribution in [0.2, 0.25) is 0 Å². The van der Waals surface area contributed by atoms with Crippen LogP contribution in [0.4, 0.5) is 5.13 Å². The Morgan fingerprint density at radius 3 is 2.95 bits per heavy atom. The SMILES string of the molecule is COC[C@H](C)N1C[C@H](C(=O)Nc2nnc(C)s2)CC1=O. The number of carbonyl (C=O) groups is 2. The Hall–Kier alpha value is -1.54. The van der Waals surface area contributed by atoms with Gasteiger partial charge in [0.15, 0.2) is 0 Å². The van der Waals surface area contributed by atoms with Gasteiger partial charge in [-0.15, -0.1) is 10.2 Å². The minimum absolute atomic E-state index is 0.0110. The van der Waals surface area contributed by atoms with E-state index in [4.69, 9.17) is 4.74 Å². The van der Waals surface area contributed by atoms with E-state index >= 15 is 0 Å². The summed E-state index contributed by atoms with van der Waals surface area (Å²) in [5.74, 6) is -0.532. The van der Waals surface area contributed by atoms with E-state index in [0.717, 1.165) is 5.01 Å². The third kappa shape index (κ3) is 3.31. The molecule has 1 aromatic rings. The van der Waals surface area contributed by atoms with E-state index in [2.05, 4.69) is 15.5 Å². The number of methoxy groups -OCH3 is 1. The van der Waals surface area contributed by atoms with E-state index in [-0.39, 0.29) is 30.2 Å². The summed E-state index contributed by atoms with van der Waals surface area (Å²) < 4.78 is 5.05. The van der Waals surface area contributed by atoms with Crippen molar-refractivity contribution in [3.8, 4) is 0 Å². The highest BCUT2D eigenvalue weighted by molar-refractivity contribution is 7.15. The standard InChI is InChI=1S/C12H18N4O3S/c1-7(6-19-3)16-5-9(4-10(16)17)11(18)13-12-15-14-8(2)20-12/h7,9H,4-6H2,1-3H3,(H,13,15,18)/t7-,9+/m0/s1. The summed E-state index contributed by atoms with van der Waals surface area (Å²) in [5.41, 5.74) is 0. The topological polar surface area (TPSA) is 84.4 Å². The Kier molecular flexibility index (Phi) is 4.66. The molecule has 2 rings (SSSR count). The average molecular weight is 298 g/mol. The van der Waals surface area contributed by atoms with Crippen molar-refractivity contribution >= 4 is 28.3 Å². The van der Waals surface area contributed by atoms with Crippen LogP contribution in [-0.2, 0) is 14.3 Å². The van der Waals surface area contributed by atoms with Gasteiger partial charge in [0.05, 0.1) is 18.6 Å². The molecule has 1 saturated heterocycles. The molecular weight excluding hydrogens is 280 g/mol. The number of aromatic nitrogens is 2. The first-order valence-corrected chi connectivity index (χ1v) is 7.22. The number of rotatable bonds is 5. The molecule has 7 nitrogen and oxygen atoms in total. The number of anilines is 1. The predicted molar refractivity (Wildman–Crippen MR) is 74.4 cm³/mol. The summed E-state index contributed by atoms with van der Waals surface area (Å²) in [7, 11) is 1.60. The molecule has 0 spiro atoms. The molecule has 0 aliphatic carbocycles. The maximum atomic E-state index is 12.1. The van der Waals surface area contributed by atoms with Crippen molar-refractivity contribution in [2.24, 2.45) is 5.92 Å². The van der Waals surface area contributed by atoms with Gasteiger partial charge in [0.2, 0.25) is 16.9 Å². The third-order valence-electron chi connectivity index (χ3n) is 3.23. The number of nitrogens with zero attached hydrogens (tertiary/aromatic N) is 3. The molecule has 0 unspecified atom stereocenters. The van der Waals surface area contributed by atoms with Crippen molar-refractivity contribution in [2.75, 3.05) is 25.6 Å². The smallest absolute Gasteiger partial charge is 0.231 e. The first kappa shape index (κ1) is 14.9. The zero-order valence-corrected chi connectivity index (χ0v) is 12.6. The number of hydrogen-bond donors (Lipinski definition) is 1. The van der Waals surface area contributed by atoms with Gasteiger partial charge in [0, 0.05) is 20.1 Å². The van der Waals surface area contributed by atoms with E-state index < -0.39 is 0 Å². The zero-order chi connectivity index (χ0) is 14.7. The lowest BCUT2D eigenvalue weighted by atomic mass is 10.1. The van der Waals surface area contributed by atoms with Crippen LogP contribution in [0.25, 0.3) is 0 Å². The summed E-state index contributed by atoms with van der Waals surface area (Å²) in [6, 6.07) is -0.0194.